The Morgan fingerprint density at radius 3 is 2.94 bits per heavy atom. The van der Waals surface area contributed by atoms with Crippen LogP contribution in [-0.2, 0) is 5.54 Å². The maximum Gasteiger partial charge on any atom is 0.132 e. The van der Waals surface area contributed by atoms with Crippen LogP contribution in [0.5, 0.6) is 0 Å². The van der Waals surface area contributed by atoms with E-state index in [-0.39, 0.29) is 0 Å². The first-order chi connectivity index (χ1) is 8.23. The molecule has 0 fully saturated rings. The summed E-state index contributed by atoms with van der Waals surface area (Å²) in [5, 5.41) is 13.0. The fourth-order valence-electron chi connectivity index (χ4n) is 2.72. The van der Waals surface area contributed by atoms with Gasteiger partial charge in [-0.3, -0.25) is 5.32 Å². The van der Waals surface area contributed by atoms with Crippen molar-refractivity contribution in [2.45, 2.75) is 44.6 Å². The molecule has 2 atom stereocenters. The monoisotopic (exact) mass is 228 g/mol. The van der Waals surface area contributed by atoms with Crippen molar-refractivity contribution in [1.82, 2.24) is 5.32 Å². The molecule has 90 valence electrons. The van der Waals surface area contributed by atoms with Gasteiger partial charge in [0.1, 0.15) is 5.54 Å². The Hall–Kier alpha value is -1.33. The Kier molecular flexibility index (Phi) is 3.49. The highest BCUT2D eigenvalue weighted by Crippen LogP contribution is 2.40. The molecular weight excluding hydrogens is 208 g/mol. The third kappa shape index (κ3) is 2.08. The molecule has 2 unspecified atom stereocenters. The van der Waals surface area contributed by atoms with E-state index < -0.39 is 5.54 Å². The highest BCUT2D eigenvalue weighted by molar-refractivity contribution is 5.42. The first kappa shape index (κ1) is 12.1. The number of nitrogens with one attached hydrogen (secondary N) is 1. The Morgan fingerprint density at radius 1 is 1.47 bits per heavy atom. The molecule has 2 heteroatoms. The lowest BCUT2D eigenvalue weighted by Gasteiger charge is -2.37. The molecule has 1 aliphatic carbocycles. The first-order valence-electron chi connectivity index (χ1n) is 6.49. The maximum absolute atomic E-state index is 9.59. The Labute approximate surface area is 104 Å². The Balaban J connectivity index is 2.43. The van der Waals surface area contributed by atoms with Crippen molar-refractivity contribution < 1.29 is 0 Å². The molecule has 0 heterocycles. The topological polar surface area (TPSA) is 35.8 Å². The van der Waals surface area contributed by atoms with E-state index in [1.165, 1.54) is 11.1 Å². The molecule has 1 aromatic rings. The minimum absolute atomic E-state index is 0.459. The largest absolute Gasteiger partial charge is 0.296 e. The van der Waals surface area contributed by atoms with Gasteiger partial charge in [0.25, 0.3) is 0 Å². The second-order valence-corrected chi connectivity index (χ2v) is 4.97. The van der Waals surface area contributed by atoms with Crippen LogP contribution >= 0.6 is 0 Å². The summed E-state index contributed by atoms with van der Waals surface area (Å²) in [6.07, 6.45) is 3.06. The summed E-state index contributed by atoms with van der Waals surface area (Å²) in [7, 11) is 0. The van der Waals surface area contributed by atoms with Gasteiger partial charge >= 0.3 is 0 Å². The molecule has 0 spiro atoms. The lowest BCUT2D eigenvalue weighted by Crippen LogP contribution is -2.44. The van der Waals surface area contributed by atoms with Crippen LogP contribution < -0.4 is 5.32 Å². The van der Waals surface area contributed by atoms with Crippen molar-refractivity contribution in [2.24, 2.45) is 0 Å². The van der Waals surface area contributed by atoms with Gasteiger partial charge in [-0.1, -0.05) is 38.1 Å². The van der Waals surface area contributed by atoms with E-state index in [4.69, 9.17) is 0 Å². The first-order valence-corrected chi connectivity index (χ1v) is 6.49. The number of hydrogen-bond donors (Lipinski definition) is 1. The molecule has 1 aliphatic rings. The van der Waals surface area contributed by atoms with Gasteiger partial charge in [-0.25, -0.2) is 0 Å². The van der Waals surface area contributed by atoms with E-state index in [2.05, 4.69) is 43.4 Å². The van der Waals surface area contributed by atoms with Crippen molar-refractivity contribution >= 4 is 0 Å². The summed E-state index contributed by atoms with van der Waals surface area (Å²) in [6, 6.07) is 10.9. The molecule has 2 rings (SSSR count). The molecule has 0 radical (unpaired) electrons. The zero-order valence-electron chi connectivity index (χ0n) is 10.7. The van der Waals surface area contributed by atoms with Gasteiger partial charge in [0.15, 0.2) is 0 Å². The summed E-state index contributed by atoms with van der Waals surface area (Å²) in [6.45, 7) is 5.28. The molecule has 1 N–H and O–H groups in total. The highest BCUT2D eigenvalue weighted by atomic mass is 15.0. The number of fused-ring (bicyclic) bond motifs is 1. The zero-order chi connectivity index (χ0) is 12.3. The second-order valence-electron chi connectivity index (χ2n) is 4.97. The predicted octanol–water partition coefficient (Wildman–Crippen LogP) is 3.30. The van der Waals surface area contributed by atoms with Gasteiger partial charge in [0, 0.05) is 0 Å². The summed E-state index contributed by atoms with van der Waals surface area (Å²) in [5.74, 6) is 0.566. The molecular formula is C15H20N2. The van der Waals surface area contributed by atoms with Crippen LogP contribution in [0.2, 0.25) is 0 Å². The molecule has 0 aliphatic heterocycles. The summed E-state index contributed by atoms with van der Waals surface area (Å²) < 4.78 is 0. The number of nitrogens with zero attached hydrogens (tertiary/aromatic N) is 1. The number of hydrogen-bond acceptors (Lipinski definition) is 2. The molecule has 0 aromatic heterocycles. The summed E-state index contributed by atoms with van der Waals surface area (Å²) >= 11 is 0. The van der Waals surface area contributed by atoms with Crippen molar-refractivity contribution in [3.05, 3.63) is 35.4 Å². The minimum atomic E-state index is -0.459. The number of benzene rings is 1. The van der Waals surface area contributed by atoms with Crippen LogP contribution in [0.25, 0.3) is 0 Å². The van der Waals surface area contributed by atoms with Crippen molar-refractivity contribution in [3.63, 3.8) is 0 Å². The van der Waals surface area contributed by atoms with Crippen molar-refractivity contribution in [3.8, 4) is 6.07 Å². The minimum Gasteiger partial charge on any atom is -0.296 e. The maximum atomic E-state index is 9.59. The van der Waals surface area contributed by atoms with E-state index in [0.29, 0.717) is 5.92 Å². The Morgan fingerprint density at radius 2 is 2.24 bits per heavy atom. The van der Waals surface area contributed by atoms with E-state index in [1.807, 2.05) is 6.07 Å². The Bertz CT molecular complexity index is 433. The van der Waals surface area contributed by atoms with Gasteiger partial charge in [0.2, 0.25) is 0 Å². The molecule has 0 bridgehead atoms. The fourth-order valence-corrected chi connectivity index (χ4v) is 2.72. The summed E-state index contributed by atoms with van der Waals surface area (Å²) in [4.78, 5) is 0. The highest BCUT2D eigenvalue weighted by Gasteiger charge is 2.38. The lowest BCUT2D eigenvalue weighted by atomic mass is 9.73. The van der Waals surface area contributed by atoms with Crippen molar-refractivity contribution in [2.75, 3.05) is 6.54 Å². The van der Waals surface area contributed by atoms with Crippen molar-refractivity contribution in [1.29, 1.82) is 5.26 Å². The predicted molar refractivity (Wildman–Crippen MR) is 69.7 cm³/mol. The van der Waals surface area contributed by atoms with E-state index in [9.17, 15) is 5.26 Å². The van der Waals surface area contributed by atoms with E-state index >= 15 is 0 Å². The second kappa shape index (κ2) is 4.89. The third-order valence-corrected chi connectivity index (χ3v) is 3.77. The molecule has 0 amide bonds. The number of nitriles is 1. The smallest absolute Gasteiger partial charge is 0.132 e. The van der Waals surface area contributed by atoms with Gasteiger partial charge in [-0.15, -0.1) is 0 Å². The van der Waals surface area contributed by atoms with Gasteiger partial charge in [-0.05, 0) is 42.9 Å². The van der Waals surface area contributed by atoms with Crippen LogP contribution in [0.1, 0.15) is 50.2 Å². The zero-order valence-corrected chi connectivity index (χ0v) is 10.7. The molecule has 1 aromatic carbocycles. The van der Waals surface area contributed by atoms with Gasteiger partial charge in [0.05, 0.1) is 6.07 Å². The molecule has 17 heavy (non-hydrogen) atoms. The van der Waals surface area contributed by atoms with E-state index in [0.717, 1.165) is 25.8 Å². The van der Waals surface area contributed by atoms with Gasteiger partial charge in [-0.2, -0.15) is 5.26 Å². The average molecular weight is 228 g/mol. The van der Waals surface area contributed by atoms with Crippen LogP contribution in [0.3, 0.4) is 0 Å². The number of rotatable bonds is 3. The average Bonchev–Trinajstić information content (AvgIpc) is 2.39. The molecule has 0 saturated heterocycles. The molecule has 0 saturated carbocycles. The van der Waals surface area contributed by atoms with Crippen LogP contribution in [-0.4, -0.2) is 6.54 Å². The normalized spacial score (nSPS) is 27.2. The van der Waals surface area contributed by atoms with Gasteiger partial charge < -0.3 is 0 Å². The third-order valence-electron chi connectivity index (χ3n) is 3.77. The molecule has 2 nitrogen and oxygen atoms in total. The lowest BCUT2D eigenvalue weighted by molar-refractivity contribution is 0.349. The standard InChI is InChI=1S/C15H20N2/c1-3-10-17-15(11-16)9-8-12(2)13-6-4-5-7-14(13)15/h4-7,12,17H,3,8-10H2,1-2H3. The quantitative estimate of drug-likeness (QED) is 0.861. The van der Waals surface area contributed by atoms with E-state index in [1.54, 1.807) is 0 Å². The van der Waals surface area contributed by atoms with Crippen LogP contribution in [0.4, 0.5) is 0 Å². The SMILES string of the molecule is CCCNC1(C#N)CCC(C)c2ccccc21. The summed E-state index contributed by atoms with van der Waals surface area (Å²) in [5.41, 5.74) is 2.07. The van der Waals surface area contributed by atoms with Crippen LogP contribution in [0.15, 0.2) is 24.3 Å². The van der Waals surface area contributed by atoms with Crippen LogP contribution in [0, 0.1) is 11.3 Å². The fraction of sp³-hybridized carbons (Fsp3) is 0.533.